The standard InChI is InChI=1S/C7H7BrO4S/c1-13(10,11)4-5(9)6-2-3-7(8)12-6/h2-3H,4H2,1H3. The molecule has 1 aromatic rings. The Hall–Kier alpha value is -0.620. The zero-order valence-corrected chi connectivity index (χ0v) is 9.18. The molecular formula is C7H7BrO4S. The van der Waals surface area contributed by atoms with Gasteiger partial charge in [0.2, 0.25) is 5.78 Å². The molecule has 0 saturated carbocycles. The Balaban J connectivity index is 2.81. The van der Waals surface area contributed by atoms with Crippen molar-refractivity contribution < 1.29 is 17.6 Å². The fourth-order valence-corrected chi connectivity index (χ4v) is 1.70. The third-order valence-corrected chi connectivity index (χ3v) is 2.45. The van der Waals surface area contributed by atoms with Crippen molar-refractivity contribution in [1.82, 2.24) is 0 Å². The highest BCUT2D eigenvalue weighted by molar-refractivity contribution is 9.10. The maximum atomic E-state index is 11.2. The lowest BCUT2D eigenvalue weighted by molar-refractivity contribution is 0.0989. The number of hydrogen-bond acceptors (Lipinski definition) is 4. The molecule has 0 aliphatic carbocycles. The van der Waals surface area contributed by atoms with Crippen LogP contribution in [0.1, 0.15) is 10.6 Å². The van der Waals surface area contributed by atoms with Crippen LogP contribution in [-0.4, -0.2) is 26.2 Å². The SMILES string of the molecule is CS(=O)(=O)CC(=O)c1ccc(Br)o1. The molecular weight excluding hydrogens is 260 g/mol. The monoisotopic (exact) mass is 266 g/mol. The van der Waals surface area contributed by atoms with Crippen LogP contribution in [0.2, 0.25) is 0 Å². The number of furan rings is 1. The van der Waals surface area contributed by atoms with E-state index < -0.39 is 21.4 Å². The average molecular weight is 267 g/mol. The molecule has 0 N–H and O–H groups in total. The van der Waals surface area contributed by atoms with Gasteiger partial charge in [0.1, 0.15) is 5.75 Å². The predicted molar refractivity (Wildman–Crippen MR) is 50.4 cm³/mol. The number of carbonyl (C=O) groups excluding carboxylic acids is 1. The van der Waals surface area contributed by atoms with E-state index in [2.05, 4.69) is 15.9 Å². The van der Waals surface area contributed by atoms with Crippen molar-refractivity contribution in [2.75, 3.05) is 12.0 Å². The fraction of sp³-hybridized carbons (Fsp3) is 0.286. The van der Waals surface area contributed by atoms with Gasteiger partial charge < -0.3 is 4.42 Å². The Morgan fingerprint density at radius 3 is 2.54 bits per heavy atom. The first-order valence-corrected chi connectivity index (χ1v) is 6.20. The van der Waals surface area contributed by atoms with Gasteiger partial charge in [-0.05, 0) is 28.1 Å². The molecule has 0 radical (unpaired) electrons. The van der Waals surface area contributed by atoms with Crippen LogP contribution in [0.25, 0.3) is 0 Å². The van der Waals surface area contributed by atoms with Gasteiger partial charge in [-0.15, -0.1) is 0 Å². The number of Topliss-reactive ketones (excluding diaryl/α,β-unsaturated/α-hetero) is 1. The molecule has 0 amide bonds. The summed E-state index contributed by atoms with van der Waals surface area (Å²) >= 11 is 3.01. The molecule has 0 aliphatic rings. The molecule has 0 unspecified atom stereocenters. The molecule has 1 rings (SSSR count). The van der Waals surface area contributed by atoms with Crippen molar-refractivity contribution >= 4 is 31.6 Å². The molecule has 0 aromatic carbocycles. The van der Waals surface area contributed by atoms with Crippen molar-refractivity contribution in [1.29, 1.82) is 0 Å². The normalized spacial score (nSPS) is 11.5. The summed E-state index contributed by atoms with van der Waals surface area (Å²) in [7, 11) is -3.29. The summed E-state index contributed by atoms with van der Waals surface area (Å²) in [4.78, 5) is 11.2. The fourth-order valence-electron chi connectivity index (χ4n) is 0.773. The summed E-state index contributed by atoms with van der Waals surface area (Å²) in [5.74, 6) is -1.00. The first-order chi connectivity index (χ1) is 5.88. The zero-order valence-electron chi connectivity index (χ0n) is 6.78. The Morgan fingerprint density at radius 2 is 2.15 bits per heavy atom. The Morgan fingerprint density at radius 1 is 1.54 bits per heavy atom. The van der Waals surface area contributed by atoms with E-state index in [1.807, 2.05) is 0 Å². The summed E-state index contributed by atoms with van der Waals surface area (Å²) in [6.07, 6.45) is 1.00. The summed E-state index contributed by atoms with van der Waals surface area (Å²) in [5.41, 5.74) is 0. The van der Waals surface area contributed by atoms with E-state index in [9.17, 15) is 13.2 Å². The zero-order chi connectivity index (χ0) is 10.1. The third kappa shape index (κ3) is 3.31. The van der Waals surface area contributed by atoms with Gasteiger partial charge in [0.05, 0.1) is 0 Å². The quantitative estimate of drug-likeness (QED) is 0.773. The first-order valence-electron chi connectivity index (χ1n) is 3.35. The summed E-state index contributed by atoms with van der Waals surface area (Å²) in [6, 6.07) is 2.97. The van der Waals surface area contributed by atoms with Crippen molar-refractivity contribution in [2.24, 2.45) is 0 Å². The molecule has 72 valence electrons. The molecule has 0 atom stereocenters. The van der Waals surface area contributed by atoms with Gasteiger partial charge in [-0.25, -0.2) is 8.42 Å². The van der Waals surface area contributed by atoms with Crippen LogP contribution >= 0.6 is 15.9 Å². The van der Waals surface area contributed by atoms with Crippen molar-refractivity contribution in [3.05, 3.63) is 22.6 Å². The Labute approximate surface area is 84.0 Å². The predicted octanol–water partition coefficient (Wildman–Crippen LogP) is 1.27. The highest BCUT2D eigenvalue weighted by Crippen LogP contribution is 2.14. The van der Waals surface area contributed by atoms with E-state index in [4.69, 9.17) is 4.42 Å². The molecule has 4 nitrogen and oxygen atoms in total. The van der Waals surface area contributed by atoms with Crippen LogP contribution in [0, 0.1) is 0 Å². The highest BCUT2D eigenvalue weighted by atomic mass is 79.9. The summed E-state index contributed by atoms with van der Waals surface area (Å²) in [6.45, 7) is 0. The van der Waals surface area contributed by atoms with Crippen molar-refractivity contribution in [3.8, 4) is 0 Å². The van der Waals surface area contributed by atoms with Gasteiger partial charge in [0, 0.05) is 6.26 Å². The minimum absolute atomic E-state index is 0.0531. The lowest BCUT2D eigenvalue weighted by Crippen LogP contribution is -2.13. The maximum absolute atomic E-state index is 11.2. The topological polar surface area (TPSA) is 64.3 Å². The number of rotatable bonds is 3. The molecule has 0 bridgehead atoms. The van der Waals surface area contributed by atoms with Crippen LogP contribution in [0.15, 0.2) is 21.2 Å². The second-order valence-electron chi connectivity index (χ2n) is 2.60. The van der Waals surface area contributed by atoms with Gasteiger partial charge >= 0.3 is 0 Å². The van der Waals surface area contributed by atoms with Crippen molar-refractivity contribution in [3.63, 3.8) is 0 Å². The van der Waals surface area contributed by atoms with E-state index in [1.54, 1.807) is 0 Å². The van der Waals surface area contributed by atoms with Crippen LogP contribution in [-0.2, 0) is 9.84 Å². The minimum Gasteiger partial charge on any atom is -0.446 e. The summed E-state index contributed by atoms with van der Waals surface area (Å²) in [5, 5.41) is 0. The Bertz CT molecular complexity index is 417. The van der Waals surface area contributed by atoms with Gasteiger partial charge in [-0.1, -0.05) is 0 Å². The lowest BCUT2D eigenvalue weighted by Gasteiger charge is -1.93. The van der Waals surface area contributed by atoms with Crippen LogP contribution in [0.5, 0.6) is 0 Å². The lowest BCUT2D eigenvalue weighted by atomic mass is 10.3. The van der Waals surface area contributed by atoms with E-state index >= 15 is 0 Å². The van der Waals surface area contributed by atoms with Crippen molar-refractivity contribution in [2.45, 2.75) is 0 Å². The Kier molecular flexibility index (Phi) is 2.92. The maximum Gasteiger partial charge on any atom is 0.213 e. The molecule has 6 heteroatoms. The third-order valence-electron chi connectivity index (χ3n) is 1.24. The molecule has 0 saturated heterocycles. The second kappa shape index (κ2) is 3.63. The van der Waals surface area contributed by atoms with Crippen LogP contribution in [0.3, 0.4) is 0 Å². The van der Waals surface area contributed by atoms with Crippen LogP contribution in [0.4, 0.5) is 0 Å². The van der Waals surface area contributed by atoms with Crippen LogP contribution < -0.4 is 0 Å². The number of ketones is 1. The van der Waals surface area contributed by atoms with E-state index in [0.29, 0.717) is 4.67 Å². The molecule has 13 heavy (non-hydrogen) atoms. The molecule has 1 heterocycles. The molecule has 0 spiro atoms. The van der Waals surface area contributed by atoms with Gasteiger partial charge in [-0.2, -0.15) is 0 Å². The van der Waals surface area contributed by atoms with E-state index in [1.165, 1.54) is 12.1 Å². The highest BCUT2D eigenvalue weighted by Gasteiger charge is 2.16. The molecule has 1 aromatic heterocycles. The molecule has 0 aliphatic heterocycles. The average Bonchev–Trinajstić information content (AvgIpc) is 2.31. The van der Waals surface area contributed by atoms with Gasteiger partial charge in [-0.3, -0.25) is 4.79 Å². The second-order valence-corrected chi connectivity index (χ2v) is 5.52. The number of sulfone groups is 1. The van der Waals surface area contributed by atoms with Gasteiger partial charge in [0.25, 0.3) is 0 Å². The largest absolute Gasteiger partial charge is 0.446 e. The summed E-state index contributed by atoms with van der Waals surface area (Å²) < 4.78 is 26.8. The smallest absolute Gasteiger partial charge is 0.213 e. The number of halogens is 1. The van der Waals surface area contributed by atoms with E-state index in [-0.39, 0.29) is 5.76 Å². The van der Waals surface area contributed by atoms with Gasteiger partial charge in [0.15, 0.2) is 20.3 Å². The number of hydrogen-bond donors (Lipinski definition) is 0. The minimum atomic E-state index is -3.29. The number of carbonyl (C=O) groups is 1. The van der Waals surface area contributed by atoms with E-state index in [0.717, 1.165) is 6.26 Å². The molecule has 0 fully saturated rings. The first kappa shape index (κ1) is 10.5.